The monoisotopic (exact) mass is 317 g/mol. The zero-order valence-corrected chi connectivity index (χ0v) is 12.1. The molecule has 0 bridgehead atoms. The Morgan fingerprint density at radius 2 is 1.94 bits per heavy atom. The largest absolute Gasteiger partial charge is 0.319 e. The van der Waals surface area contributed by atoms with Gasteiger partial charge in [-0.2, -0.15) is 0 Å². The molecule has 0 atom stereocenters. The minimum atomic E-state index is -0.447. The highest BCUT2D eigenvalue weighted by Gasteiger charge is 2.35. The SMILES string of the molecule is CNCC1(Cc2c(F)ccc(Br)c2F)CCCC1. The molecule has 1 aliphatic rings. The predicted molar refractivity (Wildman–Crippen MR) is 72.6 cm³/mol. The molecular weight excluding hydrogens is 300 g/mol. The van der Waals surface area contributed by atoms with Crippen LogP contribution >= 0.6 is 15.9 Å². The van der Waals surface area contributed by atoms with Crippen LogP contribution in [0.5, 0.6) is 0 Å². The van der Waals surface area contributed by atoms with Crippen LogP contribution in [0.25, 0.3) is 0 Å². The molecule has 4 heteroatoms. The second-order valence-electron chi connectivity index (χ2n) is 5.24. The van der Waals surface area contributed by atoms with Gasteiger partial charge in [0.1, 0.15) is 11.6 Å². The van der Waals surface area contributed by atoms with Crippen molar-refractivity contribution >= 4 is 15.9 Å². The van der Waals surface area contributed by atoms with Crippen LogP contribution in [0.2, 0.25) is 0 Å². The van der Waals surface area contributed by atoms with Gasteiger partial charge >= 0.3 is 0 Å². The average Bonchev–Trinajstić information content (AvgIpc) is 2.79. The van der Waals surface area contributed by atoms with E-state index in [1.807, 2.05) is 7.05 Å². The Hall–Kier alpha value is -0.480. The van der Waals surface area contributed by atoms with E-state index in [2.05, 4.69) is 21.2 Å². The molecule has 1 saturated carbocycles. The Kier molecular flexibility index (Phi) is 4.38. The highest BCUT2D eigenvalue weighted by atomic mass is 79.9. The number of rotatable bonds is 4. The van der Waals surface area contributed by atoms with Gasteiger partial charge in [0.15, 0.2) is 0 Å². The molecule has 1 aromatic rings. The van der Waals surface area contributed by atoms with E-state index in [4.69, 9.17) is 0 Å². The molecule has 1 aromatic carbocycles. The van der Waals surface area contributed by atoms with Gasteiger partial charge in [-0.15, -0.1) is 0 Å². The van der Waals surface area contributed by atoms with E-state index in [9.17, 15) is 8.78 Å². The topological polar surface area (TPSA) is 12.0 Å². The molecule has 1 nitrogen and oxygen atoms in total. The summed E-state index contributed by atoms with van der Waals surface area (Å²) in [7, 11) is 1.90. The van der Waals surface area contributed by atoms with E-state index in [0.29, 0.717) is 10.9 Å². The van der Waals surface area contributed by atoms with Crippen molar-refractivity contribution in [2.24, 2.45) is 5.41 Å². The summed E-state index contributed by atoms with van der Waals surface area (Å²) in [6.45, 7) is 0.818. The molecule has 0 heterocycles. The summed E-state index contributed by atoms with van der Waals surface area (Å²) < 4.78 is 28.2. The highest BCUT2D eigenvalue weighted by Crippen LogP contribution is 2.41. The fourth-order valence-corrected chi connectivity index (χ4v) is 3.39. The van der Waals surface area contributed by atoms with E-state index in [1.54, 1.807) is 0 Å². The van der Waals surface area contributed by atoms with Crippen molar-refractivity contribution in [2.75, 3.05) is 13.6 Å². The molecule has 0 aromatic heterocycles. The lowest BCUT2D eigenvalue weighted by atomic mass is 9.79. The van der Waals surface area contributed by atoms with Crippen molar-refractivity contribution in [1.82, 2.24) is 5.32 Å². The molecule has 100 valence electrons. The number of hydrogen-bond acceptors (Lipinski definition) is 1. The van der Waals surface area contributed by atoms with Crippen molar-refractivity contribution in [3.63, 3.8) is 0 Å². The Bertz CT molecular complexity index is 428. The third-order valence-electron chi connectivity index (χ3n) is 3.91. The molecule has 18 heavy (non-hydrogen) atoms. The van der Waals surface area contributed by atoms with Crippen LogP contribution in [0.4, 0.5) is 8.78 Å². The summed E-state index contributed by atoms with van der Waals surface area (Å²) in [5.74, 6) is -0.879. The van der Waals surface area contributed by atoms with E-state index in [0.717, 1.165) is 32.2 Å². The third-order valence-corrected chi connectivity index (χ3v) is 4.52. The smallest absolute Gasteiger partial charge is 0.143 e. The first-order chi connectivity index (χ1) is 8.58. The zero-order chi connectivity index (χ0) is 13.2. The van der Waals surface area contributed by atoms with Crippen molar-refractivity contribution < 1.29 is 8.78 Å². The molecule has 0 amide bonds. The molecule has 0 unspecified atom stereocenters. The number of halogens is 3. The first kappa shape index (κ1) is 13.9. The van der Waals surface area contributed by atoms with Gasteiger partial charge < -0.3 is 5.32 Å². The van der Waals surface area contributed by atoms with Gasteiger partial charge in [-0.05, 0) is 59.8 Å². The Labute approximate surface area is 115 Å². The molecule has 1 aliphatic carbocycles. The summed E-state index contributed by atoms with van der Waals surface area (Å²) in [6, 6.07) is 2.76. The van der Waals surface area contributed by atoms with Gasteiger partial charge in [0.05, 0.1) is 4.47 Å². The van der Waals surface area contributed by atoms with Crippen LogP contribution in [0, 0.1) is 17.0 Å². The van der Waals surface area contributed by atoms with Crippen LogP contribution in [-0.4, -0.2) is 13.6 Å². The average molecular weight is 318 g/mol. The van der Waals surface area contributed by atoms with Gasteiger partial charge in [-0.25, -0.2) is 8.78 Å². The first-order valence-corrected chi connectivity index (χ1v) is 7.14. The zero-order valence-electron chi connectivity index (χ0n) is 10.5. The Morgan fingerprint density at radius 1 is 1.28 bits per heavy atom. The van der Waals surface area contributed by atoms with Gasteiger partial charge in [-0.1, -0.05) is 12.8 Å². The van der Waals surface area contributed by atoms with Gasteiger partial charge in [-0.3, -0.25) is 0 Å². The van der Waals surface area contributed by atoms with Gasteiger partial charge in [0.2, 0.25) is 0 Å². The molecule has 0 saturated heterocycles. The van der Waals surface area contributed by atoms with Crippen molar-refractivity contribution in [2.45, 2.75) is 32.1 Å². The van der Waals surface area contributed by atoms with Crippen LogP contribution < -0.4 is 5.32 Å². The van der Waals surface area contributed by atoms with Gasteiger partial charge in [0, 0.05) is 12.1 Å². The lowest BCUT2D eigenvalue weighted by Crippen LogP contribution is -2.32. The summed E-state index contributed by atoms with van der Waals surface area (Å²) in [5.41, 5.74) is 0.235. The maximum absolute atomic E-state index is 14.0. The number of hydrogen-bond donors (Lipinski definition) is 1. The van der Waals surface area contributed by atoms with Crippen LogP contribution in [0.1, 0.15) is 31.2 Å². The molecule has 2 rings (SSSR count). The van der Waals surface area contributed by atoms with E-state index < -0.39 is 11.6 Å². The Morgan fingerprint density at radius 3 is 2.56 bits per heavy atom. The lowest BCUT2D eigenvalue weighted by molar-refractivity contribution is 0.278. The maximum Gasteiger partial charge on any atom is 0.143 e. The second kappa shape index (κ2) is 5.66. The molecule has 1 fully saturated rings. The van der Waals surface area contributed by atoms with E-state index in [1.165, 1.54) is 12.1 Å². The first-order valence-electron chi connectivity index (χ1n) is 6.35. The molecule has 0 spiro atoms. The Balaban J connectivity index is 2.29. The molecular formula is C14H18BrF2N. The fraction of sp³-hybridized carbons (Fsp3) is 0.571. The third kappa shape index (κ3) is 2.75. The van der Waals surface area contributed by atoms with Crippen molar-refractivity contribution in [1.29, 1.82) is 0 Å². The fourth-order valence-electron chi connectivity index (χ4n) is 3.02. The summed E-state index contributed by atoms with van der Waals surface area (Å²) >= 11 is 3.13. The van der Waals surface area contributed by atoms with Crippen LogP contribution in [0.3, 0.4) is 0 Å². The van der Waals surface area contributed by atoms with Crippen molar-refractivity contribution in [3.8, 4) is 0 Å². The molecule has 1 N–H and O–H groups in total. The minimum Gasteiger partial charge on any atom is -0.319 e. The lowest BCUT2D eigenvalue weighted by Gasteiger charge is -2.29. The summed E-state index contributed by atoms with van der Waals surface area (Å²) in [4.78, 5) is 0. The molecule has 0 radical (unpaired) electrons. The summed E-state index contributed by atoms with van der Waals surface area (Å²) in [6.07, 6.45) is 4.86. The van der Waals surface area contributed by atoms with Gasteiger partial charge in [0.25, 0.3) is 0 Å². The standard InChI is InChI=1S/C14H18BrF2N/c1-18-9-14(6-2-3-7-14)8-10-12(16)5-4-11(15)13(10)17/h4-5,18H,2-3,6-9H2,1H3. The minimum absolute atomic E-state index is 0.0111. The normalized spacial score (nSPS) is 18.2. The number of nitrogens with one attached hydrogen (secondary N) is 1. The van der Waals surface area contributed by atoms with Crippen LogP contribution in [-0.2, 0) is 6.42 Å². The predicted octanol–water partition coefficient (Wildman–Crippen LogP) is 4.05. The van der Waals surface area contributed by atoms with Crippen LogP contribution in [0.15, 0.2) is 16.6 Å². The summed E-state index contributed by atoms with van der Waals surface area (Å²) in [5, 5.41) is 3.17. The quantitative estimate of drug-likeness (QED) is 0.826. The van der Waals surface area contributed by atoms with E-state index in [-0.39, 0.29) is 11.0 Å². The highest BCUT2D eigenvalue weighted by molar-refractivity contribution is 9.10. The second-order valence-corrected chi connectivity index (χ2v) is 6.09. The van der Waals surface area contributed by atoms with E-state index >= 15 is 0 Å². The van der Waals surface area contributed by atoms with Crippen molar-refractivity contribution in [3.05, 3.63) is 33.8 Å². The maximum atomic E-state index is 14.0. The molecule has 0 aliphatic heterocycles. The number of benzene rings is 1.